The maximum Gasteiger partial charge on any atom is 0.192 e. The van der Waals surface area contributed by atoms with Gasteiger partial charge in [-0.3, -0.25) is 0 Å². The van der Waals surface area contributed by atoms with Crippen LogP contribution in [0.25, 0.3) is 0 Å². The van der Waals surface area contributed by atoms with Gasteiger partial charge in [-0.1, -0.05) is 62.4 Å². The SMILES string of the molecule is C=C/C(Br)=C/[C@@H](C)CO[Si](C)(C)C(C)(C)C. The second kappa shape index (κ2) is 6.17. The summed E-state index contributed by atoms with van der Waals surface area (Å²) in [7, 11) is -1.60. The van der Waals surface area contributed by atoms with E-state index in [0.29, 0.717) is 5.92 Å². The lowest BCUT2D eigenvalue weighted by Crippen LogP contribution is -2.41. The Kier molecular flexibility index (Phi) is 6.23. The highest BCUT2D eigenvalue weighted by Crippen LogP contribution is 2.36. The number of halogens is 1. The largest absolute Gasteiger partial charge is 0.416 e. The summed E-state index contributed by atoms with van der Waals surface area (Å²) >= 11 is 3.44. The Hall–Kier alpha value is 0.137. The van der Waals surface area contributed by atoms with Crippen LogP contribution >= 0.6 is 15.9 Å². The Morgan fingerprint density at radius 1 is 1.44 bits per heavy atom. The number of hydrogen-bond acceptors (Lipinski definition) is 1. The van der Waals surface area contributed by atoms with Crippen LogP contribution < -0.4 is 0 Å². The third kappa shape index (κ3) is 5.46. The van der Waals surface area contributed by atoms with Gasteiger partial charge in [0.05, 0.1) is 0 Å². The van der Waals surface area contributed by atoms with Crippen molar-refractivity contribution in [1.82, 2.24) is 0 Å². The molecular weight excluding hydrogens is 280 g/mol. The van der Waals surface area contributed by atoms with Crippen molar-refractivity contribution in [1.29, 1.82) is 0 Å². The molecular formula is C13H25BrOSi. The van der Waals surface area contributed by atoms with E-state index in [9.17, 15) is 0 Å². The molecule has 0 aliphatic heterocycles. The van der Waals surface area contributed by atoms with Gasteiger partial charge >= 0.3 is 0 Å². The summed E-state index contributed by atoms with van der Waals surface area (Å²) in [6.45, 7) is 18.0. The summed E-state index contributed by atoms with van der Waals surface area (Å²) in [4.78, 5) is 0. The maximum absolute atomic E-state index is 6.14. The predicted octanol–water partition coefficient (Wildman–Crippen LogP) is 5.11. The van der Waals surface area contributed by atoms with Gasteiger partial charge in [-0.2, -0.15) is 0 Å². The molecule has 0 heterocycles. The zero-order valence-corrected chi connectivity index (χ0v) is 14.0. The molecule has 1 nitrogen and oxygen atoms in total. The minimum absolute atomic E-state index is 0.284. The molecule has 1 atom stereocenters. The van der Waals surface area contributed by atoms with Gasteiger partial charge in [-0.15, -0.1) is 0 Å². The van der Waals surface area contributed by atoms with Crippen LogP contribution in [0.3, 0.4) is 0 Å². The molecule has 0 saturated heterocycles. The summed E-state index contributed by atoms with van der Waals surface area (Å²) in [6, 6.07) is 0. The summed E-state index contributed by atoms with van der Waals surface area (Å²) in [5, 5.41) is 0.284. The lowest BCUT2D eigenvalue weighted by molar-refractivity contribution is 0.259. The van der Waals surface area contributed by atoms with Crippen LogP contribution in [0.2, 0.25) is 18.1 Å². The first-order valence-electron chi connectivity index (χ1n) is 5.74. The van der Waals surface area contributed by atoms with Crippen molar-refractivity contribution in [3.05, 3.63) is 23.2 Å². The summed E-state index contributed by atoms with van der Waals surface area (Å²) < 4.78 is 7.18. The molecule has 0 aromatic rings. The van der Waals surface area contributed by atoms with Crippen LogP contribution in [-0.4, -0.2) is 14.9 Å². The Morgan fingerprint density at radius 3 is 2.31 bits per heavy atom. The van der Waals surface area contributed by atoms with E-state index in [1.165, 1.54) is 0 Å². The smallest absolute Gasteiger partial charge is 0.192 e. The molecule has 0 aliphatic rings. The van der Waals surface area contributed by atoms with E-state index in [0.717, 1.165) is 11.1 Å². The van der Waals surface area contributed by atoms with Gasteiger partial charge in [-0.05, 0) is 24.1 Å². The number of hydrogen-bond donors (Lipinski definition) is 0. The van der Waals surface area contributed by atoms with Crippen LogP contribution in [0.5, 0.6) is 0 Å². The fourth-order valence-electron chi connectivity index (χ4n) is 0.944. The zero-order valence-electron chi connectivity index (χ0n) is 11.4. The third-order valence-electron chi connectivity index (χ3n) is 3.15. The molecule has 0 amide bonds. The van der Waals surface area contributed by atoms with Crippen molar-refractivity contribution in [2.45, 2.75) is 45.8 Å². The molecule has 3 heteroatoms. The van der Waals surface area contributed by atoms with Crippen LogP contribution in [-0.2, 0) is 4.43 Å². The Bertz CT molecular complexity index is 264. The summed E-state index contributed by atoms with van der Waals surface area (Å²) in [6.07, 6.45) is 3.95. The van der Waals surface area contributed by atoms with Crippen molar-refractivity contribution < 1.29 is 4.43 Å². The lowest BCUT2D eigenvalue weighted by Gasteiger charge is -2.36. The lowest BCUT2D eigenvalue weighted by atomic mass is 10.2. The van der Waals surface area contributed by atoms with E-state index >= 15 is 0 Å². The molecule has 0 spiro atoms. The van der Waals surface area contributed by atoms with Crippen molar-refractivity contribution in [2.75, 3.05) is 6.61 Å². The topological polar surface area (TPSA) is 9.23 Å². The molecule has 0 unspecified atom stereocenters. The van der Waals surface area contributed by atoms with Gasteiger partial charge in [0.2, 0.25) is 0 Å². The van der Waals surface area contributed by atoms with Crippen LogP contribution in [0.1, 0.15) is 27.7 Å². The molecule has 0 aliphatic carbocycles. The molecule has 0 bridgehead atoms. The standard InChI is InChI=1S/C13H25BrOSi/c1-8-12(14)9-11(2)10-15-16(6,7)13(3,4)5/h8-9,11H,1,10H2,2-7H3/b12-9-/t11-/m1/s1. The maximum atomic E-state index is 6.14. The number of allylic oxidation sites excluding steroid dienone is 2. The predicted molar refractivity (Wildman–Crippen MR) is 79.5 cm³/mol. The monoisotopic (exact) mass is 304 g/mol. The van der Waals surface area contributed by atoms with E-state index in [1.54, 1.807) is 0 Å². The van der Waals surface area contributed by atoms with Crippen molar-refractivity contribution in [3.63, 3.8) is 0 Å². The molecule has 0 saturated carbocycles. The third-order valence-corrected chi connectivity index (χ3v) is 8.24. The van der Waals surface area contributed by atoms with Gasteiger partial charge in [0.1, 0.15) is 0 Å². The highest BCUT2D eigenvalue weighted by Gasteiger charge is 2.37. The molecule has 16 heavy (non-hydrogen) atoms. The fraction of sp³-hybridized carbons (Fsp3) is 0.692. The minimum atomic E-state index is -1.60. The summed E-state index contributed by atoms with van der Waals surface area (Å²) in [5.41, 5.74) is 0. The van der Waals surface area contributed by atoms with E-state index in [2.05, 4.69) is 69.4 Å². The molecule has 0 fully saturated rings. The van der Waals surface area contributed by atoms with E-state index in [4.69, 9.17) is 4.43 Å². The summed E-state index contributed by atoms with van der Waals surface area (Å²) in [5.74, 6) is 0.418. The first kappa shape index (κ1) is 16.1. The minimum Gasteiger partial charge on any atom is -0.416 e. The zero-order chi connectivity index (χ0) is 13.0. The highest BCUT2D eigenvalue weighted by molar-refractivity contribution is 9.11. The molecule has 94 valence electrons. The van der Waals surface area contributed by atoms with Gasteiger partial charge < -0.3 is 4.43 Å². The Morgan fingerprint density at radius 2 is 1.94 bits per heavy atom. The van der Waals surface area contributed by atoms with E-state index in [-0.39, 0.29) is 5.04 Å². The molecule has 0 rings (SSSR count). The van der Waals surface area contributed by atoms with E-state index < -0.39 is 8.32 Å². The number of rotatable bonds is 5. The van der Waals surface area contributed by atoms with Crippen molar-refractivity contribution in [3.8, 4) is 0 Å². The van der Waals surface area contributed by atoms with Crippen LogP contribution in [0.15, 0.2) is 23.2 Å². The second-order valence-electron chi connectivity index (χ2n) is 5.80. The van der Waals surface area contributed by atoms with Gasteiger partial charge in [0.15, 0.2) is 8.32 Å². The average molecular weight is 305 g/mol. The highest BCUT2D eigenvalue weighted by atomic mass is 79.9. The normalized spacial score (nSPS) is 16.1. The quantitative estimate of drug-likeness (QED) is 0.506. The van der Waals surface area contributed by atoms with Crippen molar-refractivity contribution in [2.24, 2.45) is 5.92 Å². The van der Waals surface area contributed by atoms with Crippen molar-refractivity contribution >= 4 is 24.2 Å². The van der Waals surface area contributed by atoms with Crippen LogP contribution in [0.4, 0.5) is 0 Å². The second-order valence-corrected chi connectivity index (χ2v) is 11.5. The fourth-order valence-corrected chi connectivity index (χ4v) is 2.51. The van der Waals surface area contributed by atoms with Gasteiger partial charge in [0.25, 0.3) is 0 Å². The first-order valence-corrected chi connectivity index (χ1v) is 9.44. The average Bonchev–Trinajstić information content (AvgIpc) is 2.13. The molecule has 0 aromatic heterocycles. The molecule has 0 radical (unpaired) electrons. The Balaban J connectivity index is 4.31. The van der Waals surface area contributed by atoms with Gasteiger partial charge in [0, 0.05) is 11.1 Å². The van der Waals surface area contributed by atoms with E-state index in [1.807, 2.05) is 6.08 Å². The Labute approximate surface area is 110 Å². The molecule has 0 N–H and O–H groups in total. The van der Waals surface area contributed by atoms with Crippen LogP contribution in [0, 0.1) is 5.92 Å². The first-order chi connectivity index (χ1) is 7.10. The molecule has 0 aromatic carbocycles. The van der Waals surface area contributed by atoms with Gasteiger partial charge in [-0.25, -0.2) is 0 Å².